The third-order valence-corrected chi connectivity index (χ3v) is 5.14. The molecule has 1 aromatic rings. The summed E-state index contributed by atoms with van der Waals surface area (Å²) in [6.07, 6.45) is 1.46. The van der Waals surface area contributed by atoms with Crippen molar-refractivity contribution in [2.45, 2.75) is 77.6 Å². The lowest BCUT2D eigenvalue weighted by molar-refractivity contribution is -0.140. The molecule has 2 atom stereocenters. The molecule has 1 fully saturated rings. The van der Waals surface area contributed by atoms with Crippen LogP contribution in [0.2, 0.25) is 0 Å². The number of alkyl carbamates (subject to hydrolysis) is 1. The zero-order valence-electron chi connectivity index (χ0n) is 20.5. The van der Waals surface area contributed by atoms with Gasteiger partial charge >= 0.3 is 6.09 Å². The van der Waals surface area contributed by atoms with E-state index in [0.717, 1.165) is 18.4 Å². The van der Waals surface area contributed by atoms with Crippen molar-refractivity contribution >= 4 is 23.7 Å². The fraction of sp³-hybridized carbons (Fsp3) is 0.600. The van der Waals surface area contributed by atoms with E-state index in [0.29, 0.717) is 6.42 Å². The lowest BCUT2D eigenvalue weighted by atomic mass is 9.99. The molecule has 0 radical (unpaired) electrons. The number of ether oxygens (including phenoxy) is 2. The van der Waals surface area contributed by atoms with E-state index >= 15 is 0 Å². The van der Waals surface area contributed by atoms with Gasteiger partial charge < -0.3 is 25.4 Å². The fourth-order valence-corrected chi connectivity index (χ4v) is 3.28. The summed E-state index contributed by atoms with van der Waals surface area (Å²) in [6, 6.07) is 7.19. The normalized spacial score (nSPS) is 14.9. The van der Waals surface area contributed by atoms with Gasteiger partial charge in [0.05, 0.1) is 12.7 Å². The van der Waals surface area contributed by atoms with Crippen LogP contribution in [0.15, 0.2) is 30.3 Å². The predicted molar refractivity (Wildman–Crippen MR) is 127 cm³/mol. The Hall–Kier alpha value is -2.94. The second-order valence-electron chi connectivity index (χ2n) is 9.24. The maximum Gasteiger partial charge on any atom is 0.407 e. The molecule has 0 aromatic heterocycles. The summed E-state index contributed by atoms with van der Waals surface area (Å²) in [5, 5.41) is 7.95. The van der Waals surface area contributed by atoms with Crippen molar-refractivity contribution in [2.75, 3.05) is 13.2 Å². The lowest BCUT2D eigenvalue weighted by Crippen LogP contribution is -2.55. The number of Topliss-reactive ketones (excluding diaryl/α,β-unsaturated/α-hetero) is 1. The Morgan fingerprint density at radius 1 is 0.941 bits per heavy atom. The minimum Gasteiger partial charge on any atom is -0.447 e. The molecule has 0 spiro atoms. The van der Waals surface area contributed by atoms with Crippen LogP contribution in [-0.2, 0) is 30.3 Å². The molecule has 1 aromatic carbocycles. The summed E-state index contributed by atoms with van der Waals surface area (Å²) in [6.45, 7) is 7.88. The Balaban J connectivity index is 2.05. The molecule has 1 aliphatic carbocycles. The van der Waals surface area contributed by atoms with Crippen molar-refractivity contribution in [3.8, 4) is 0 Å². The molecule has 9 heteroatoms. The van der Waals surface area contributed by atoms with Crippen LogP contribution in [0.3, 0.4) is 0 Å². The molecule has 34 heavy (non-hydrogen) atoms. The van der Waals surface area contributed by atoms with Crippen LogP contribution < -0.4 is 16.0 Å². The summed E-state index contributed by atoms with van der Waals surface area (Å²) in [7, 11) is 0. The van der Waals surface area contributed by atoms with Crippen molar-refractivity contribution in [3.63, 3.8) is 0 Å². The van der Waals surface area contributed by atoms with Gasteiger partial charge in [0, 0.05) is 12.5 Å². The van der Waals surface area contributed by atoms with E-state index in [2.05, 4.69) is 16.0 Å². The van der Waals surface area contributed by atoms with E-state index in [1.54, 1.807) is 0 Å². The van der Waals surface area contributed by atoms with Crippen molar-refractivity contribution in [2.24, 2.45) is 5.92 Å². The molecule has 0 heterocycles. The molecule has 188 valence electrons. The van der Waals surface area contributed by atoms with Gasteiger partial charge in [0.15, 0.2) is 0 Å². The van der Waals surface area contributed by atoms with Crippen LogP contribution in [0.25, 0.3) is 0 Å². The highest BCUT2D eigenvalue weighted by molar-refractivity contribution is 6.38. The SMILES string of the molecule is CC(C)C[C@H](NC(=O)OCCOC(C)C)C(=O)N[C@@H](Cc1ccccc1)C(=O)C(=O)NC1CC1. The number of nitrogens with one attached hydrogen (secondary N) is 3. The quantitative estimate of drug-likeness (QED) is 0.280. The first-order valence-corrected chi connectivity index (χ1v) is 11.9. The van der Waals surface area contributed by atoms with Crippen LogP contribution in [0.4, 0.5) is 4.79 Å². The molecule has 3 amide bonds. The average Bonchev–Trinajstić information content (AvgIpc) is 3.59. The molecular weight excluding hydrogens is 438 g/mol. The number of hydrogen-bond donors (Lipinski definition) is 3. The molecular formula is C25H37N3O6. The standard InChI is InChI=1S/C25H37N3O6/c1-16(2)14-21(28-25(32)34-13-12-33-17(3)4)23(30)27-20(15-18-8-6-5-7-9-18)22(29)24(31)26-19-10-11-19/h5-9,16-17,19-21H,10-15H2,1-4H3,(H,26,31)(H,27,30)(H,28,32)/t20-,21-/m0/s1. The van der Waals surface area contributed by atoms with Crippen LogP contribution in [0, 0.1) is 5.92 Å². The number of benzene rings is 1. The van der Waals surface area contributed by atoms with Gasteiger partial charge in [-0.3, -0.25) is 14.4 Å². The van der Waals surface area contributed by atoms with Gasteiger partial charge in [-0.05, 0) is 44.6 Å². The molecule has 0 saturated heterocycles. The highest BCUT2D eigenvalue weighted by Gasteiger charge is 2.33. The van der Waals surface area contributed by atoms with E-state index < -0.39 is 35.8 Å². The number of hydrogen-bond acceptors (Lipinski definition) is 6. The van der Waals surface area contributed by atoms with Gasteiger partial charge in [0.2, 0.25) is 11.7 Å². The first-order valence-electron chi connectivity index (χ1n) is 11.9. The van der Waals surface area contributed by atoms with Gasteiger partial charge in [-0.2, -0.15) is 0 Å². The topological polar surface area (TPSA) is 123 Å². The Bertz CT molecular complexity index is 823. The van der Waals surface area contributed by atoms with Crippen LogP contribution in [0.1, 0.15) is 52.5 Å². The molecule has 3 N–H and O–H groups in total. The molecule has 0 unspecified atom stereocenters. The van der Waals surface area contributed by atoms with Crippen molar-refractivity contribution in [3.05, 3.63) is 35.9 Å². The Morgan fingerprint density at radius 2 is 1.62 bits per heavy atom. The van der Waals surface area contributed by atoms with Gasteiger partial charge in [0.25, 0.3) is 5.91 Å². The Labute approximate surface area is 201 Å². The fourth-order valence-electron chi connectivity index (χ4n) is 3.28. The summed E-state index contributed by atoms with van der Waals surface area (Å²) in [4.78, 5) is 50.6. The third kappa shape index (κ3) is 10.3. The van der Waals surface area contributed by atoms with E-state index in [1.165, 1.54) is 0 Å². The van der Waals surface area contributed by atoms with Crippen LogP contribution in [0.5, 0.6) is 0 Å². The van der Waals surface area contributed by atoms with Crippen molar-refractivity contribution < 1.29 is 28.7 Å². The van der Waals surface area contributed by atoms with Gasteiger partial charge in [-0.1, -0.05) is 44.2 Å². The number of ketones is 1. The molecule has 1 saturated carbocycles. The van der Waals surface area contributed by atoms with E-state index in [1.807, 2.05) is 58.0 Å². The summed E-state index contributed by atoms with van der Waals surface area (Å²) in [5.41, 5.74) is 0.804. The smallest absolute Gasteiger partial charge is 0.407 e. The van der Waals surface area contributed by atoms with Crippen molar-refractivity contribution in [1.29, 1.82) is 0 Å². The van der Waals surface area contributed by atoms with Gasteiger partial charge in [-0.15, -0.1) is 0 Å². The van der Waals surface area contributed by atoms with E-state index in [9.17, 15) is 19.2 Å². The Kier molecular flexibility index (Phi) is 11.0. The number of rotatable bonds is 14. The first-order chi connectivity index (χ1) is 16.2. The minimum atomic E-state index is -1.06. The first kappa shape index (κ1) is 27.3. The zero-order valence-corrected chi connectivity index (χ0v) is 20.5. The zero-order chi connectivity index (χ0) is 25.1. The van der Waals surface area contributed by atoms with Crippen molar-refractivity contribution in [1.82, 2.24) is 16.0 Å². The maximum atomic E-state index is 13.1. The van der Waals surface area contributed by atoms with Crippen LogP contribution in [-0.4, -0.2) is 61.1 Å². The average molecular weight is 476 g/mol. The van der Waals surface area contributed by atoms with E-state index in [-0.39, 0.29) is 37.7 Å². The minimum absolute atomic E-state index is 0.0160. The highest BCUT2D eigenvalue weighted by atomic mass is 16.6. The predicted octanol–water partition coefficient (Wildman–Crippen LogP) is 2.13. The second kappa shape index (κ2) is 13.7. The monoisotopic (exact) mass is 475 g/mol. The maximum absolute atomic E-state index is 13.1. The second-order valence-corrected chi connectivity index (χ2v) is 9.24. The summed E-state index contributed by atoms with van der Waals surface area (Å²) < 4.78 is 10.4. The van der Waals surface area contributed by atoms with E-state index in [4.69, 9.17) is 9.47 Å². The molecule has 2 rings (SSSR count). The third-order valence-electron chi connectivity index (χ3n) is 5.14. The summed E-state index contributed by atoms with van der Waals surface area (Å²) in [5.74, 6) is -1.87. The number of amides is 3. The van der Waals surface area contributed by atoms with Gasteiger partial charge in [-0.25, -0.2) is 4.79 Å². The lowest BCUT2D eigenvalue weighted by Gasteiger charge is -2.23. The molecule has 9 nitrogen and oxygen atoms in total. The molecule has 0 bridgehead atoms. The molecule has 0 aliphatic heterocycles. The molecule has 1 aliphatic rings. The Morgan fingerprint density at radius 3 is 2.21 bits per heavy atom. The number of carbonyl (C=O) groups is 4. The largest absolute Gasteiger partial charge is 0.447 e. The highest BCUT2D eigenvalue weighted by Crippen LogP contribution is 2.18. The summed E-state index contributed by atoms with van der Waals surface area (Å²) >= 11 is 0. The van der Waals surface area contributed by atoms with Crippen LogP contribution >= 0.6 is 0 Å². The number of carbonyl (C=O) groups excluding carboxylic acids is 4. The van der Waals surface area contributed by atoms with Gasteiger partial charge in [0.1, 0.15) is 18.7 Å².